The van der Waals surface area contributed by atoms with Gasteiger partial charge >= 0.3 is 0 Å². The first-order chi connectivity index (χ1) is 13.7. The van der Waals surface area contributed by atoms with Crippen molar-refractivity contribution in [3.05, 3.63) is 71.0 Å². The number of amides is 1. The first kappa shape index (κ1) is 19.9. The molecule has 3 aromatic rings. The summed E-state index contributed by atoms with van der Waals surface area (Å²) in [5.74, 6) is 0.154. The SMILES string of the molecule is CCc1c(C(=O)Nc2cccc(Cl)c2OCCOC)cnn1-c1ccccc1. The van der Waals surface area contributed by atoms with Crippen molar-refractivity contribution in [2.45, 2.75) is 13.3 Å². The highest BCUT2D eigenvalue weighted by atomic mass is 35.5. The maximum atomic E-state index is 12.9. The molecule has 1 N–H and O–H groups in total. The second-order valence-corrected chi connectivity index (χ2v) is 6.42. The molecule has 1 heterocycles. The van der Waals surface area contributed by atoms with Crippen LogP contribution in [0.15, 0.2) is 54.7 Å². The Bertz CT molecular complexity index is 941. The number of nitrogens with zero attached hydrogens (tertiary/aromatic N) is 2. The van der Waals surface area contributed by atoms with Crippen LogP contribution in [0.25, 0.3) is 5.69 Å². The summed E-state index contributed by atoms with van der Waals surface area (Å²) in [7, 11) is 1.59. The van der Waals surface area contributed by atoms with E-state index in [1.54, 1.807) is 36.2 Å². The van der Waals surface area contributed by atoms with Gasteiger partial charge in [0, 0.05) is 7.11 Å². The van der Waals surface area contributed by atoms with Crippen molar-refractivity contribution in [3.63, 3.8) is 0 Å². The number of para-hydroxylation sites is 2. The molecule has 0 unspecified atom stereocenters. The topological polar surface area (TPSA) is 65.4 Å². The molecule has 0 saturated heterocycles. The smallest absolute Gasteiger partial charge is 0.259 e. The van der Waals surface area contributed by atoms with Gasteiger partial charge in [-0.3, -0.25) is 4.79 Å². The number of benzene rings is 2. The number of hydrogen-bond acceptors (Lipinski definition) is 4. The number of halogens is 1. The van der Waals surface area contributed by atoms with Gasteiger partial charge in [-0.2, -0.15) is 5.10 Å². The highest BCUT2D eigenvalue weighted by molar-refractivity contribution is 6.32. The summed E-state index contributed by atoms with van der Waals surface area (Å²) in [4.78, 5) is 12.9. The number of rotatable bonds is 8. The zero-order valence-corrected chi connectivity index (χ0v) is 16.6. The van der Waals surface area contributed by atoms with Crippen LogP contribution in [0.5, 0.6) is 5.75 Å². The van der Waals surface area contributed by atoms with Gasteiger partial charge in [-0.25, -0.2) is 4.68 Å². The van der Waals surface area contributed by atoms with Crippen molar-refractivity contribution in [3.8, 4) is 11.4 Å². The highest BCUT2D eigenvalue weighted by Crippen LogP contribution is 2.33. The van der Waals surface area contributed by atoms with Crippen molar-refractivity contribution < 1.29 is 14.3 Å². The lowest BCUT2D eigenvalue weighted by molar-refractivity contribution is 0.102. The van der Waals surface area contributed by atoms with Crippen LogP contribution in [0.2, 0.25) is 5.02 Å². The predicted octanol–water partition coefficient (Wildman–Crippen LogP) is 4.37. The van der Waals surface area contributed by atoms with Crippen molar-refractivity contribution in [2.75, 3.05) is 25.6 Å². The van der Waals surface area contributed by atoms with Gasteiger partial charge in [0.05, 0.1) is 40.5 Å². The van der Waals surface area contributed by atoms with E-state index in [1.165, 1.54) is 0 Å². The number of nitrogens with one attached hydrogen (secondary N) is 1. The minimum atomic E-state index is -0.266. The van der Waals surface area contributed by atoms with E-state index in [2.05, 4.69) is 10.4 Å². The maximum Gasteiger partial charge on any atom is 0.259 e. The van der Waals surface area contributed by atoms with E-state index in [9.17, 15) is 4.79 Å². The van der Waals surface area contributed by atoms with Crippen LogP contribution in [-0.4, -0.2) is 36.0 Å². The van der Waals surface area contributed by atoms with Crippen LogP contribution in [0.3, 0.4) is 0 Å². The standard InChI is InChI=1S/C21H22ClN3O3/c1-3-19-16(14-23-25(19)15-8-5-4-6-9-15)21(26)24-18-11-7-10-17(22)20(18)28-13-12-27-2/h4-11,14H,3,12-13H2,1-2H3,(H,24,26). The maximum absolute atomic E-state index is 12.9. The Morgan fingerprint density at radius 3 is 2.64 bits per heavy atom. The van der Waals surface area contributed by atoms with E-state index in [4.69, 9.17) is 21.1 Å². The number of hydrogen-bond donors (Lipinski definition) is 1. The zero-order valence-electron chi connectivity index (χ0n) is 15.8. The predicted molar refractivity (Wildman–Crippen MR) is 110 cm³/mol. The Kier molecular flexibility index (Phi) is 6.68. The van der Waals surface area contributed by atoms with E-state index in [1.807, 2.05) is 37.3 Å². The Morgan fingerprint density at radius 1 is 1.14 bits per heavy atom. The van der Waals surface area contributed by atoms with Crippen molar-refractivity contribution >= 4 is 23.2 Å². The molecule has 6 nitrogen and oxygen atoms in total. The molecule has 1 aromatic heterocycles. The first-order valence-corrected chi connectivity index (χ1v) is 9.37. The van der Waals surface area contributed by atoms with E-state index in [-0.39, 0.29) is 5.91 Å². The number of carbonyl (C=O) groups excluding carboxylic acids is 1. The number of aromatic nitrogens is 2. The lowest BCUT2D eigenvalue weighted by Gasteiger charge is -2.14. The van der Waals surface area contributed by atoms with Crippen LogP contribution < -0.4 is 10.1 Å². The molecule has 0 atom stereocenters. The molecule has 0 saturated carbocycles. The lowest BCUT2D eigenvalue weighted by atomic mass is 10.1. The summed E-state index contributed by atoms with van der Waals surface area (Å²) in [6.45, 7) is 2.74. The third-order valence-electron chi connectivity index (χ3n) is 4.20. The molecule has 0 spiro atoms. The molecule has 0 aliphatic carbocycles. The zero-order chi connectivity index (χ0) is 19.9. The average Bonchev–Trinajstić information content (AvgIpc) is 3.15. The Labute approximate surface area is 169 Å². The molecule has 0 bridgehead atoms. The van der Waals surface area contributed by atoms with Crippen LogP contribution in [-0.2, 0) is 11.2 Å². The number of carbonyl (C=O) groups is 1. The molecule has 0 fully saturated rings. The molecule has 3 rings (SSSR count). The minimum Gasteiger partial charge on any atom is -0.487 e. The number of methoxy groups -OCH3 is 1. The second kappa shape index (κ2) is 9.39. The quantitative estimate of drug-likeness (QED) is 0.571. The summed E-state index contributed by atoms with van der Waals surface area (Å²) in [5, 5.41) is 7.72. The Hall–Kier alpha value is -2.83. The average molecular weight is 400 g/mol. The molecule has 1 amide bonds. The molecule has 0 radical (unpaired) electrons. The van der Waals surface area contributed by atoms with E-state index in [0.29, 0.717) is 41.7 Å². The summed E-state index contributed by atoms with van der Waals surface area (Å²) < 4.78 is 12.5. The third-order valence-corrected chi connectivity index (χ3v) is 4.50. The Balaban J connectivity index is 1.86. The summed E-state index contributed by atoms with van der Waals surface area (Å²) in [6.07, 6.45) is 2.24. The summed E-state index contributed by atoms with van der Waals surface area (Å²) in [6, 6.07) is 14.9. The van der Waals surface area contributed by atoms with Gasteiger partial charge in [-0.15, -0.1) is 0 Å². The Morgan fingerprint density at radius 2 is 1.93 bits per heavy atom. The van der Waals surface area contributed by atoms with Crippen molar-refractivity contribution in [2.24, 2.45) is 0 Å². The minimum absolute atomic E-state index is 0.266. The van der Waals surface area contributed by atoms with Gasteiger partial charge in [0.25, 0.3) is 5.91 Å². The normalized spacial score (nSPS) is 10.7. The number of ether oxygens (including phenoxy) is 2. The highest BCUT2D eigenvalue weighted by Gasteiger charge is 2.19. The molecule has 7 heteroatoms. The van der Waals surface area contributed by atoms with Gasteiger partial charge in [0.15, 0.2) is 5.75 Å². The summed E-state index contributed by atoms with van der Waals surface area (Å²) in [5.41, 5.74) is 2.75. The number of anilines is 1. The van der Waals surface area contributed by atoms with E-state index < -0.39 is 0 Å². The van der Waals surface area contributed by atoms with Crippen molar-refractivity contribution in [1.82, 2.24) is 9.78 Å². The molecule has 0 aliphatic heterocycles. The van der Waals surface area contributed by atoms with Gasteiger partial charge in [0.1, 0.15) is 6.61 Å². The third kappa shape index (κ3) is 4.35. The monoisotopic (exact) mass is 399 g/mol. The molecular formula is C21H22ClN3O3. The molecule has 0 aliphatic rings. The fourth-order valence-corrected chi connectivity index (χ4v) is 3.10. The lowest BCUT2D eigenvalue weighted by Crippen LogP contribution is -2.16. The van der Waals surface area contributed by atoms with Crippen molar-refractivity contribution in [1.29, 1.82) is 0 Å². The van der Waals surface area contributed by atoms with Gasteiger partial charge in [0.2, 0.25) is 0 Å². The van der Waals surface area contributed by atoms with Crippen LogP contribution >= 0.6 is 11.6 Å². The molecule has 28 heavy (non-hydrogen) atoms. The fraction of sp³-hybridized carbons (Fsp3) is 0.238. The first-order valence-electron chi connectivity index (χ1n) is 8.99. The largest absolute Gasteiger partial charge is 0.487 e. The van der Waals surface area contributed by atoms with E-state index in [0.717, 1.165) is 11.4 Å². The second-order valence-electron chi connectivity index (χ2n) is 6.02. The van der Waals surface area contributed by atoms with Crippen LogP contribution in [0.4, 0.5) is 5.69 Å². The fourth-order valence-electron chi connectivity index (χ4n) is 2.87. The molecule has 2 aromatic carbocycles. The van der Waals surface area contributed by atoms with Crippen LogP contribution in [0.1, 0.15) is 23.0 Å². The van der Waals surface area contributed by atoms with E-state index >= 15 is 0 Å². The van der Waals surface area contributed by atoms with Crippen LogP contribution in [0, 0.1) is 0 Å². The van der Waals surface area contributed by atoms with Gasteiger partial charge in [-0.1, -0.05) is 42.8 Å². The van der Waals surface area contributed by atoms with Gasteiger partial charge < -0.3 is 14.8 Å². The molecule has 146 valence electrons. The summed E-state index contributed by atoms with van der Waals surface area (Å²) >= 11 is 6.25. The van der Waals surface area contributed by atoms with Gasteiger partial charge in [-0.05, 0) is 30.7 Å². The molecular weight excluding hydrogens is 378 g/mol.